The largest absolute Gasteiger partial charge is 0.390 e. The van der Waals surface area contributed by atoms with Crippen LogP contribution in [0, 0.1) is 21.4 Å². The minimum atomic E-state index is -3.55. The van der Waals surface area contributed by atoms with Crippen LogP contribution in [0.2, 0.25) is 0 Å². The number of hydrogen-bond donors (Lipinski definition) is 0. The van der Waals surface area contributed by atoms with Crippen LogP contribution in [-0.4, -0.2) is 17.3 Å². The van der Waals surface area contributed by atoms with Crippen LogP contribution >= 0.6 is 18.2 Å². The van der Waals surface area contributed by atoms with E-state index in [0.717, 1.165) is 17.8 Å². The molecule has 1 aromatic carbocycles. The maximum atomic E-state index is 12.6. The molecule has 0 spiro atoms. The van der Waals surface area contributed by atoms with Gasteiger partial charge in [0.25, 0.3) is 5.69 Å². The summed E-state index contributed by atoms with van der Waals surface area (Å²) in [4.78, 5) is 10.4. The molecular weight excluding hydrogens is 327 g/mol. The number of hydrogen-bond acceptors (Lipinski definition) is 7. The van der Waals surface area contributed by atoms with Crippen molar-refractivity contribution in [1.29, 1.82) is 5.26 Å². The van der Waals surface area contributed by atoms with Gasteiger partial charge in [-0.3, -0.25) is 14.6 Å². The quantitative estimate of drug-likeness (QED) is 0.370. The van der Waals surface area contributed by atoms with Crippen molar-refractivity contribution in [3.63, 3.8) is 0 Å². The van der Waals surface area contributed by atoms with Crippen LogP contribution in [0.1, 0.15) is 31.9 Å². The molecule has 0 heterocycles. The zero-order chi connectivity index (χ0) is 16.6. The van der Waals surface area contributed by atoms with Gasteiger partial charge in [0.2, 0.25) is 0 Å². The lowest BCUT2D eigenvalue weighted by atomic mass is 10.1. The zero-order valence-electron chi connectivity index (χ0n) is 12.3. The molecule has 0 saturated heterocycles. The average Bonchev–Trinajstić information content (AvgIpc) is 2.51. The second-order valence-corrected chi connectivity index (χ2v) is 8.27. The number of nitro benzene ring substituents is 1. The molecule has 2 unspecified atom stereocenters. The fourth-order valence-corrected chi connectivity index (χ4v) is 5.15. The predicted molar refractivity (Wildman–Crippen MR) is 84.5 cm³/mol. The van der Waals surface area contributed by atoms with Crippen LogP contribution in [0.3, 0.4) is 0 Å². The second kappa shape index (κ2) is 8.91. The average molecular weight is 344 g/mol. The van der Waals surface area contributed by atoms with Crippen molar-refractivity contribution < 1.29 is 18.5 Å². The molecule has 2 atom stereocenters. The maximum absolute atomic E-state index is 12.6. The van der Waals surface area contributed by atoms with Crippen molar-refractivity contribution in [2.45, 2.75) is 26.4 Å². The van der Waals surface area contributed by atoms with Gasteiger partial charge in [0.15, 0.2) is 6.10 Å². The van der Waals surface area contributed by atoms with Crippen LogP contribution in [0.15, 0.2) is 24.3 Å². The van der Waals surface area contributed by atoms with Gasteiger partial charge in [-0.25, -0.2) is 4.57 Å². The minimum absolute atomic E-state index is 0.0621. The van der Waals surface area contributed by atoms with Crippen LogP contribution in [-0.2, 0) is 13.6 Å². The summed E-state index contributed by atoms with van der Waals surface area (Å²) in [7, 11) is 0. The first-order valence-corrected chi connectivity index (χ1v) is 9.81. The number of nitrogens with zero attached hydrogens (tertiary/aromatic N) is 2. The SMILES string of the molecule is CCCSP(=O)(OCC)OC(C#N)c1ccccc1[N+](=O)[O-]. The first-order valence-electron chi connectivity index (χ1n) is 6.67. The van der Waals surface area contributed by atoms with E-state index in [9.17, 15) is 19.9 Å². The Balaban J connectivity index is 3.08. The molecule has 0 fully saturated rings. The number of nitro groups is 1. The molecule has 0 aliphatic heterocycles. The third-order valence-corrected chi connectivity index (χ3v) is 6.53. The number of para-hydroxylation sites is 1. The van der Waals surface area contributed by atoms with Crippen LogP contribution in [0.4, 0.5) is 5.69 Å². The second-order valence-electron chi connectivity index (χ2n) is 4.13. The molecule has 7 nitrogen and oxygen atoms in total. The Kier molecular flexibility index (Phi) is 7.56. The molecule has 0 radical (unpaired) electrons. The summed E-state index contributed by atoms with van der Waals surface area (Å²) >= 11 is 0.991. The smallest absolute Gasteiger partial charge is 0.301 e. The van der Waals surface area contributed by atoms with Gasteiger partial charge in [-0.1, -0.05) is 19.1 Å². The highest BCUT2D eigenvalue weighted by atomic mass is 32.7. The van der Waals surface area contributed by atoms with Gasteiger partial charge in [-0.15, -0.1) is 0 Å². The van der Waals surface area contributed by atoms with Crippen molar-refractivity contribution in [3.05, 3.63) is 39.9 Å². The van der Waals surface area contributed by atoms with Gasteiger partial charge in [0, 0.05) is 11.8 Å². The van der Waals surface area contributed by atoms with Crippen molar-refractivity contribution >= 4 is 23.9 Å². The molecule has 0 aliphatic carbocycles. The van der Waals surface area contributed by atoms with E-state index < -0.39 is 17.8 Å². The molecule has 0 bridgehead atoms. The topological polar surface area (TPSA) is 102 Å². The van der Waals surface area contributed by atoms with E-state index in [1.165, 1.54) is 18.2 Å². The lowest BCUT2D eigenvalue weighted by Gasteiger charge is -2.19. The highest BCUT2D eigenvalue weighted by Crippen LogP contribution is 2.63. The van der Waals surface area contributed by atoms with Crippen molar-refractivity contribution in [2.24, 2.45) is 0 Å². The van der Waals surface area contributed by atoms with Gasteiger partial charge in [0.05, 0.1) is 17.1 Å². The summed E-state index contributed by atoms with van der Waals surface area (Å²) in [5.41, 5.74) is -0.190. The van der Waals surface area contributed by atoms with Gasteiger partial charge < -0.3 is 4.52 Å². The number of benzene rings is 1. The normalized spacial score (nSPS) is 14.8. The molecular formula is C13H17N2O5PS. The molecule has 120 valence electrons. The summed E-state index contributed by atoms with van der Waals surface area (Å²) in [6, 6.07) is 7.54. The summed E-state index contributed by atoms with van der Waals surface area (Å²) in [5.74, 6) is 0.534. The Labute approximate surface area is 133 Å². The molecule has 0 amide bonds. The third kappa shape index (κ3) is 5.11. The molecule has 0 saturated carbocycles. The third-order valence-electron chi connectivity index (χ3n) is 2.51. The molecule has 22 heavy (non-hydrogen) atoms. The number of nitriles is 1. The molecule has 0 aromatic heterocycles. The molecule has 1 rings (SSSR count). The molecule has 0 aliphatic rings. The van der Waals surface area contributed by atoms with E-state index in [1.54, 1.807) is 13.0 Å². The predicted octanol–water partition coefficient (Wildman–Crippen LogP) is 4.46. The lowest BCUT2D eigenvalue weighted by Crippen LogP contribution is -2.05. The van der Waals surface area contributed by atoms with Crippen LogP contribution in [0.25, 0.3) is 0 Å². The van der Waals surface area contributed by atoms with E-state index >= 15 is 0 Å². The van der Waals surface area contributed by atoms with Gasteiger partial charge in [-0.2, -0.15) is 5.26 Å². The van der Waals surface area contributed by atoms with Crippen molar-refractivity contribution in [2.75, 3.05) is 12.4 Å². The highest BCUT2D eigenvalue weighted by Gasteiger charge is 2.33. The Bertz CT molecular complexity index is 604. The Morgan fingerprint density at radius 3 is 2.68 bits per heavy atom. The van der Waals surface area contributed by atoms with Gasteiger partial charge >= 0.3 is 6.80 Å². The summed E-state index contributed by atoms with van der Waals surface area (Å²) in [6.45, 7) is 0.175. The lowest BCUT2D eigenvalue weighted by molar-refractivity contribution is -0.386. The Morgan fingerprint density at radius 1 is 1.45 bits per heavy atom. The highest BCUT2D eigenvalue weighted by molar-refractivity contribution is 8.55. The molecule has 9 heteroatoms. The van der Waals surface area contributed by atoms with Gasteiger partial charge in [0.1, 0.15) is 6.07 Å². The monoisotopic (exact) mass is 344 g/mol. The summed E-state index contributed by atoms with van der Waals surface area (Å²) in [6.07, 6.45) is -0.573. The van der Waals surface area contributed by atoms with E-state index in [2.05, 4.69) is 0 Å². The maximum Gasteiger partial charge on any atom is 0.390 e. The van der Waals surface area contributed by atoms with Crippen LogP contribution in [0.5, 0.6) is 0 Å². The first-order chi connectivity index (χ1) is 10.5. The van der Waals surface area contributed by atoms with Crippen molar-refractivity contribution in [1.82, 2.24) is 0 Å². The molecule has 1 aromatic rings. The fraction of sp³-hybridized carbons (Fsp3) is 0.462. The first kappa shape index (κ1) is 18.7. The van der Waals surface area contributed by atoms with Crippen molar-refractivity contribution in [3.8, 4) is 6.07 Å². The number of rotatable bonds is 9. The Hall–Kier alpha value is -1.39. The standard InChI is InChI=1S/C13H17N2O5PS/c1-3-9-22-21(18,19-4-2)20-13(10-14)11-7-5-6-8-12(11)15(16)17/h5-8,13H,3-4,9H2,1-2H3. The summed E-state index contributed by atoms with van der Waals surface area (Å²) in [5, 5.41) is 20.3. The Morgan fingerprint density at radius 2 is 2.14 bits per heavy atom. The summed E-state index contributed by atoms with van der Waals surface area (Å²) < 4.78 is 23.1. The molecule has 0 N–H and O–H groups in total. The van der Waals surface area contributed by atoms with E-state index in [0.29, 0.717) is 5.75 Å². The van der Waals surface area contributed by atoms with Gasteiger partial charge in [-0.05, 0) is 30.8 Å². The zero-order valence-corrected chi connectivity index (χ0v) is 14.0. The fourth-order valence-electron chi connectivity index (χ4n) is 1.61. The van der Waals surface area contributed by atoms with E-state index in [1.807, 2.05) is 13.0 Å². The van der Waals surface area contributed by atoms with E-state index in [-0.39, 0.29) is 17.9 Å². The van der Waals surface area contributed by atoms with Crippen LogP contribution < -0.4 is 0 Å². The van der Waals surface area contributed by atoms with E-state index in [4.69, 9.17) is 9.05 Å². The minimum Gasteiger partial charge on any atom is -0.301 e.